The van der Waals surface area contributed by atoms with Crippen molar-refractivity contribution in [3.05, 3.63) is 69.3 Å². The molecule has 2 aromatic carbocycles. The standard InChI is InChI=1S/C20H22N2O6/c1-4-27-18-10-9-16(11-17(18)22(25)26)20(24)28-14(3)19(23)21-12-15-7-5-13(2)6-8-15/h5-11,14H,4,12H2,1-3H3,(H,21,23)/t14-/m1/s1. The number of nitro benzene ring substituents is 1. The average Bonchev–Trinajstić information content (AvgIpc) is 2.67. The van der Waals surface area contributed by atoms with Gasteiger partial charge in [0.2, 0.25) is 0 Å². The Kier molecular flexibility index (Phi) is 7.08. The number of esters is 1. The molecule has 1 atom stereocenters. The highest BCUT2D eigenvalue weighted by atomic mass is 16.6. The molecule has 0 heterocycles. The zero-order valence-corrected chi connectivity index (χ0v) is 15.9. The molecular formula is C20H22N2O6. The molecule has 1 amide bonds. The molecule has 0 unspecified atom stereocenters. The van der Waals surface area contributed by atoms with Crippen LogP contribution in [0, 0.1) is 17.0 Å². The Bertz CT molecular complexity index is 863. The molecule has 0 aliphatic heterocycles. The Morgan fingerprint density at radius 2 is 1.86 bits per heavy atom. The van der Waals surface area contributed by atoms with Gasteiger partial charge in [-0.25, -0.2) is 4.79 Å². The average molecular weight is 386 g/mol. The molecule has 8 heteroatoms. The molecule has 0 aliphatic carbocycles. The molecule has 1 N–H and O–H groups in total. The maximum atomic E-state index is 12.2. The zero-order chi connectivity index (χ0) is 20.7. The zero-order valence-electron chi connectivity index (χ0n) is 15.9. The molecule has 0 radical (unpaired) electrons. The normalized spacial score (nSPS) is 11.4. The number of aryl methyl sites for hydroxylation is 1. The summed E-state index contributed by atoms with van der Waals surface area (Å²) in [6.07, 6.45) is -1.05. The van der Waals surface area contributed by atoms with Gasteiger partial charge in [-0.05, 0) is 38.5 Å². The first-order chi connectivity index (χ1) is 13.3. The van der Waals surface area contributed by atoms with E-state index in [0.717, 1.165) is 17.2 Å². The minimum atomic E-state index is -1.05. The fraction of sp³-hybridized carbons (Fsp3) is 0.300. The third-order valence-electron chi connectivity index (χ3n) is 3.93. The lowest BCUT2D eigenvalue weighted by Crippen LogP contribution is -2.35. The third kappa shape index (κ3) is 5.54. The monoisotopic (exact) mass is 386 g/mol. The maximum absolute atomic E-state index is 12.2. The van der Waals surface area contributed by atoms with Crippen molar-refractivity contribution in [2.24, 2.45) is 0 Å². The fourth-order valence-electron chi connectivity index (χ4n) is 2.39. The summed E-state index contributed by atoms with van der Waals surface area (Å²) in [5, 5.41) is 13.8. The van der Waals surface area contributed by atoms with Crippen LogP contribution in [0.25, 0.3) is 0 Å². The van der Waals surface area contributed by atoms with Crippen LogP contribution in [-0.4, -0.2) is 29.5 Å². The van der Waals surface area contributed by atoms with E-state index in [1.54, 1.807) is 6.92 Å². The summed E-state index contributed by atoms with van der Waals surface area (Å²) in [7, 11) is 0. The van der Waals surface area contributed by atoms with Crippen LogP contribution < -0.4 is 10.1 Å². The Balaban J connectivity index is 1.98. The van der Waals surface area contributed by atoms with Crippen molar-refractivity contribution in [2.45, 2.75) is 33.4 Å². The molecule has 28 heavy (non-hydrogen) atoms. The van der Waals surface area contributed by atoms with Crippen LogP contribution in [0.3, 0.4) is 0 Å². The number of nitrogens with zero attached hydrogens (tertiary/aromatic N) is 1. The second kappa shape index (κ2) is 9.50. The molecule has 0 bridgehead atoms. The van der Waals surface area contributed by atoms with E-state index in [4.69, 9.17) is 9.47 Å². The Labute approximate surface area is 162 Å². The maximum Gasteiger partial charge on any atom is 0.339 e. The molecule has 148 valence electrons. The minimum Gasteiger partial charge on any atom is -0.487 e. The predicted molar refractivity (Wildman–Crippen MR) is 102 cm³/mol. The van der Waals surface area contributed by atoms with E-state index in [0.29, 0.717) is 6.54 Å². The number of nitro groups is 1. The van der Waals surface area contributed by atoms with E-state index in [1.165, 1.54) is 19.1 Å². The largest absolute Gasteiger partial charge is 0.487 e. The topological polar surface area (TPSA) is 108 Å². The Morgan fingerprint density at radius 1 is 1.18 bits per heavy atom. The molecule has 2 aromatic rings. The quantitative estimate of drug-likeness (QED) is 0.424. The van der Waals surface area contributed by atoms with Crippen molar-refractivity contribution in [1.82, 2.24) is 5.32 Å². The van der Waals surface area contributed by atoms with Crippen LogP contribution in [0.15, 0.2) is 42.5 Å². The van der Waals surface area contributed by atoms with E-state index in [9.17, 15) is 19.7 Å². The molecule has 8 nitrogen and oxygen atoms in total. The molecule has 2 rings (SSSR count). The smallest absolute Gasteiger partial charge is 0.339 e. The minimum absolute atomic E-state index is 0.0339. The number of nitrogens with one attached hydrogen (secondary N) is 1. The number of amides is 1. The highest BCUT2D eigenvalue weighted by Gasteiger charge is 2.22. The van der Waals surface area contributed by atoms with Gasteiger partial charge >= 0.3 is 11.7 Å². The first-order valence-corrected chi connectivity index (χ1v) is 8.77. The van der Waals surface area contributed by atoms with Crippen molar-refractivity contribution in [3.63, 3.8) is 0 Å². The highest BCUT2D eigenvalue weighted by Crippen LogP contribution is 2.28. The van der Waals surface area contributed by atoms with Gasteiger partial charge in [0.25, 0.3) is 5.91 Å². The van der Waals surface area contributed by atoms with Crippen molar-refractivity contribution in [2.75, 3.05) is 6.61 Å². The number of benzene rings is 2. The highest BCUT2D eigenvalue weighted by molar-refractivity contribution is 5.93. The van der Waals surface area contributed by atoms with Gasteiger partial charge in [0.15, 0.2) is 11.9 Å². The molecule has 0 aromatic heterocycles. The lowest BCUT2D eigenvalue weighted by molar-refractivity contribution is -0.385. The van der Waals surface area contributed by atoms with E-state index >= 15 is 0 Å². The van der Waals surface area contributed by atoms with E-state index in [1.807, 2.05) is 31.2 Å². The summed E-state index contributed by atoms with van der Waals surface area (Å²) >= 11 is 0. The Morgan fingerprint density at radius 3 is 2.46 bits per heavy atom. The van der Waals surface area contributed by atoms with Crippen molar-refractivity contribution < 1.29 is 24.0 Å². The van der Waals surface area contributed by atoms with E-state index in [2.05, 4.69) is 5.32 Å². The second-order valence-electron chi connectivity index (χ2n) is 6.12. The predicted octanol–water partition coefficient (Wildman–Crippen LogP) is 3.16. The molecule has 0 fully saturated rings. The van der Waals surface area contributed by atoms with Gasteiger partial charge in [-0.3, -0.25) is 14.9 Å². The summed E-state index contributed by atoms with van der Waals surface area (Å²) in [6, 6.07) is 11.4. The van der Waals surface area contributed by atoms with E-state index in [-0.39, 0.29) is 23.6 Å². The van der Waals surface area contributed by atoms with Gasteiger partial charge in [0.05, 0.1) is 17.1 Å². The summed E-state index contributed by atoms with van der Waals surface area (Å²) in [6.45, 7) is 5.65. The number of hydrogen-bond acceptors (Lipinski definition) is 6. The van der Waals surface area contributed by atoms with Crippen LogP contribution in [0.2, 0.25) is 0 Å². The lowest BCUT2D eigenvalue weighted by Gasteiger charge is -2.14. The number of carbonyl (C=O) groups is 2. The van der Waals surface area contributed by atoms with E-state index < -0.39 is 22.9 Å². The van der Waals surface area contributed by atoms with Crippen LogP contribution >= 0.6 is 0 Å². The van der Waals surface area contributed by atoms with Gasteiger partial charge in [-0.1, -0.05) is 29.8 Å². The number of ether oxygens (including phenoxy) is 2. The molecule has 0 saturated heterocycles. The lowest BCUT2D eigenvalue weighted by atomic mass is 10.1. The van der Waals surface area contributed by atoms with Gasteiger partial charge in [-0.15, -0.1) is 0 Å². The molecule has 0 saturated carbocycles. The summed E-state index contributed by atoms with van der Waals surface area (Å²) in [5.74, 6) is -1.23. The van der Waals surface area contributed by atoms with Crippen LogP contribution in [-0.2, 0) is 16.1 Å². The number of hydrogen-bond donors (Lipinski definition) is 1. The second-order valence-corrected chi connectivity index (χ2v) is 6.12. The van der Waals surface area contributed by atoms with Gasteiger partial charge in [-0.2, -0.15) is 0 Å². The third-order valence-corrected chi connectivity index (χ3v) is 3.93. The molecular weight excluding hydrogens is 364 g/mol. The van der Waals surface area contributed by atoms with Crippen LogP contribution in [0.5, 0.6) is 5.75 Å². The van der Waals surface area contributed by atoms with Gasteiger partial charge in [0, 0.05) is 12.6 Å². The summed E-state index contributed by atoms with van der Waals surface area (Å²) in [5.41, 5.74) is 1.66. The first kappa shape index (κ1) is 20.9. The van der Waals surface area contributed by atoms with Gasteiger partial charge in [0.1, 0.15) is 0 Å². The fourth-order valence-corrected chi connectivity index (χ4v) is 2.39. The van der Waals surface area contributed by atoms with Crippen LogP contribution in [0.1, 0.15) is 35.3 Å². The van der Waals surface area contributed by atoms with Crippen molar-refractivity contribution in [1.29, 1.82) is 0 Å². The van der Waals surface area contributed by atoms with Crippen LogP contribution in [0.4, 0.5) is 5.69 Å². The first-order valence-electron chi connectivity index (χ1n) is 8.77. The SMILES string of the molecule is CCOc1ccc(C(=O)O[C@H](C)C(=O)NCc2ccc(C)cc2)cc1[N+](=O)[O-]. The molecule has 0 aliphatic rings. The van der Waals surface area contributed by atoms with Gasteiger partial charge < -0.3 is 14.8 Å². The molecule has 0 spiro atoms. The van der Waals surface area contributed by atoms with Crippen molar-refractivity contribution in [3.8, 4) is 5.75 Å². The van der Waals surface area contributed by atoms with Crippen molar-refractivity contribution >= 4 is 17.6 Å². The summed E-state index contributed by atoms with van der Waals surface area (Å²) in [4.78, 5) is 34.9. The Hall–Kier alpha value is -3.42. The number of carbonyl (C=O) groups excluding carboxylic acids is 2. The summed E-state index contributed by atoms with van der Waals surface area (Å²) < 4.78 is 10.3. The number of rotatable bonds is 8.